The second kappa shape index (κ2) is 7.45. The van der Waals surface area contributed by atoms with E-state index >= 15 is 0 Å². The minimum Gasteiger partial charge on any atom is -0.473 e. The molecule has 1 saturated carbocycles. The van der Waals surface area contributed by atoms with Crippen molar-refractivity contribution in [3.8, 4) is 17.3 Å². The number of ether oxygens (including phenoxy) is 1. The van der Waals surface area contributed by atoms with Crippen LogP contribution in [0.25, 0.3) is 11.5 Å². The fourth-order valence-electron chi connectivity index (χ4n) is 2.93. The van der Waals surface area contributed by atoms with Crippen LogP contribution in [-0.2, 0) is 0 Å². The van der Waals surface area contributed by atoms with Gasteiger partial charge in [0.15, 0.2) is 5.76 Å². The predicted molar refractivity (Wildman–Crippen MR) is 93.1 cm³/mol. The van der Waals surface area contributed by atoms with E-state index in [1.54, 1.807) is 0 Å². The van der Waals surface area contributed by atoms with Crippen LogP contribution in [0.5, 0.6) is 5.88 Å². The molecular formula is C17H15ClF2N4O3. The highest BCUT2D eigenvalue weighted by Gasteiger charge is 2.36. The molecule has 3 aromatic rings. The number of aromatic nitrogens is 3. The monoisotopic (exact) mass is 396 g/mol. The lowest BCUT2D eigenvalue weighted by Crippen LogP contribution is -2.33. The van der Waals surface area contributed by atoms with Crippen molar-refractivity contribution in [3.05, 3.63) is 63.2 Å². The van der Waals surface area contributed by atoms with Gasteiger partial charge >= 0.3 is 0 Å². The largest absolute Gasteiger partial charge is 0.473 e. The number of hydrogen-bond acceptors (Lipinski definition) is 6. The SMILES string of the molecule is N.O=c1cc(-c2cnc(OC3CC(c4c(F)cc(Cl)cc4F)C3)cn2)o[nH]1. The average Bonchev–Trinajstić information content (AvgIpc) is 2.98. The van der Waals surface area contributed by atoms with Crippen LogP contribution >= 0.6 is 11.6 Å². The van der Waals surface area contributed by atoms with Crippen molar-refractivity contribution in [3.63, 3.8) is 0 Å². The van der Waals surface area contributed by atoms with Gasteiger partial charge in [-0.1, -0.05) is 11.6 Å². The summed E-state index contributed by atoms with van der Waals surface area (Å²) in [7, 11) is 0. The number of rotatable bonds is 4. The smallest absolute Gasteiger partial charge is 0.280 e. The number of hydrogen-bond donors (Lipinski definition) is 2. The predicted octanol–water partition coefficient (Wildman–Crippen LogP) is 3.84. The zero-order valence-corrected chi connectivity index (χ0v) is 14.7. The van der Waals surface area contributed by atoms with Gasteiger partial charge in [-0.2, -0.15) is 5.16 Å². The first-order valence-electron chi connectivity index (χ1n) is 7.81. The van der Waals surface area contributed by atoms with Crippen LogP contribution < -0.4 is 16.4 Å². The molecule has 0 aliphatic heterocycles. The molecule has 10 heteroatoms. The molecule has 4 rings (SSSR count). The first-order chi connectivity index (χ1) is 12.5. The van der Waals surface area contributed by atoms with Crippen molar-refractivity contribution in [1.29, 1.82) is 0 Å². The lowest BCUT2D eigenvalue weighted by atomic mass is 9.77. The summed E-state index contributed by atoms with van der Waals surface area (Å²) in [5.74, 6) is -0.997. The quantitative estimate of drug-likeness (QED) is 0.692. The molecule has 0 bridgehead atoms. The zero-order chi connectivity index (χ0) is 18.3. The van der Waals surface area contributed by atoms with Gasteiger partial charge in [0, 0.05) is 10.6 Å². The Labute approximate surface area is 156 Å². The Morgan fingerprint density at radius 3 is 2.41 bits per heavy atom. The maximum atomic E-state index is 13.9. The third-order valence-electron chi connectivity index (χ3n) is 4.24. The van der Waals surface area contributed by atoms with Crippen LogP contribution in [0.4, 0.5) is 8.78 Å². The Kier molecular flexibility index (Phi) is 5.24. The van der Waals surface area contributed by atoms with Gasteiger partial charge in [-0.05, 0) is 30.9 Å². The maximum Gasteiger partial charge on any atom is 0.280 e. The van der Waals surface area contributed by atoms with Crippen LogP contribution in [0.2, 0.25) is 5.02 Å². The van der Waals surface area contributed by atoms with Crippen LogP contribution in [0.15, 0.2) is 39.9 Å². The molecule has 0 saturated heterocycles. The van der Waals surface area contributed by atoms with E-state index in [4.69, 9.17) is 20.9 Å². The van der Waals surface area contributed by atoms with Crippen molar-refractivity contribution in [2.24, 2.45) is 0 Å². The summed E-state index contributed by atoms with van der Waals surface area (Å²) >= 11 is 5.64. The molecule has 142 valence electrons. The maximum absolute atomic E-state index is 13.9. The highest BCUT2D eigenvalue weighted by atomic mass is 35.5. The van der Waals surface area contributed by atoms with E-state index in [0.29, 0.717) is 18.5 Å². The molecule has 27 heavy (non-hydrogen) atoms. The molecule has 7 nitrogen and oxygen atoms in total. The molecule has 4 N–H and O–H groups in total. The minimum atomic E-state index is -0.643. The van der Waals surface area contributed by atoms with Gasteiger partial charge in [-0.3, -0.25) is 4.79 Å². The first kappa shape index (κ1) is 19.0. The molecule has 2 aromatic heterocycles. The summed E-state index contributed by atoms with van der Waals surface area (Å²) in [4.78, 5) is 19.3. The van der Waals surface area contributed by atoms with Gasteiger partial charge in [0.05, 0.1) is 18.5 Å². The van der Waals surface area contributed by atoms with Gasteiger partial charge in [0.2, 0.25) is 5.88 Å². The van der Waals surface area contributed by atoms with E-state index in [1.807, 2.05) is 0 Å². The van der Waals surface area contributed by atoms with E-state index in [1.165, 1.54) is 18.5 Å². The lowest BCUT2D eigenvalue weighted by Gasteiger charge is -2.35. The number of nitrogens with one attached hydrogen (secondary N) is 1. The summed E-state index contributed by atoms with van der Waals surface area (Å²) in [5.41, 5.74) is 0.0509. The Hall–Kier alpha value is -2.78. The normalized spacial score (nSPS) is 18.5. The van der Waals surface area contributed by atoms with Crippen molar-refractivity contribution in [2.75, 3.05) is 0 Å². The molecule has 1 aliphatic carbocycles. The summed E-state index contributed by atoms with van der Waals surface area (Å²) in [6, 6.07) is 3.48. The lowest BCUT2D eigenvalue weighted by molar-refractivity contribution is 0.0904. The van der Waals surface area contributed by atoms with Crippen LogP contribution in [0.1, 0.15) is 24.3 Å². The minimum absolute atomic E-state index is 0. The molecule has 0 amide bonds. The van der Waals surface area contributed by atoms with E-state index in [0.717, 1.165) is 12.1 Å². The molecule has 0 atom stereocenters. The van der Waals surface area contributed by atoms with Crippen molar-refractivity contribution in [1.82, 2.24) is 21.3 Å². The number of benzene rings is 1. The van der Waals surface area contributed by atoms with E-state index in [-0.39, 0.29) is 46.0 Å². The second-order valence-corrected chi connectivity index (χ2v) is 6.44. The summed E-state index contributed by atoms with van der Waals surface area (Å²) in [6.45, 7) is 0. The molecular weight excluding hydrogens is 382 g/mol. The van der Waals surface area contributed by atoms with Gasteiger partial charge in [0.1, 0.15) is 23.4 Å². The Morgan fingerprint density at radius 1 is 1.15 bits per heavy atom. The molecule has 1 aromatic carbocycles. The van der Waals surface area contributed by atoms with Crippen LogP contribution in [0.3, 0.4) is 0 Å². The Balaban J connectivity index is 0.00000210. The molecule has 0 spiro atoms. The second-order valence-electron chi connectivity index (χ2n) is 6.01. The third-order valence-corrected chi connectivity index (χ3v) is 4.46. The number of H-pyrrole nitrogens is 1. The highest BCUT2D eigenvalue weighted by molar-refractivity contribution is 6.30. The number of nitrogens with zero attached hydrogens (tertiary/aromatic N) is 2. The highest BCUT2D eigenvalue weighted by Crippen LogP contribution is 2.41. The summed E-state index contributed by atoms with van der Waals surface area (Å²) in [5, 5.41) is 2.20. The summed E-state index contributed by atoms with van der Waals surface area (Å²) < 4.78 is 38.4. The molecule has 2 heterocycles. The fourth-order valence-corrected chi connectivity index (χ4v) is 3.12. The van der Waals surface area contributed by atoms with E-state index in [9.17, 15) is 13.6 Å². The zero-order valence-electron chi connectivity index (χ0n) is 13.9. The molecule has 1 fully saturated rings. The Morgan fingerprint density at radius 2 is 1.85 bits per heavy atom. The third kappa shape index (κ3) is 3.83. The summed E-state index contributed by atoms with van der Waals surface area (Å²) in [6.07, 6.45) is 3.53. The first-order valence-corrected chi connectivity index (χ1v) is 8.19. The van der Waals surface area contributed by atoms with Gasteiger partial charge in [-0.15, -0.1) is 0 Å². The number of aromatic amines is 1. The van der Waals surface area contributed by atoms with Crippen molar-refractivity contribution < 1.29 is 18.0 Å². The van der Waals surface area contributed by atoms with Gasteiger partial charge in [-0.25, -0.2) is 18.7 Å². The molecule has 0 radical (unpaired) electrons. The molecule has 1 aliphatic rings. The van der Waals surface area contributed by atoms with Crippen LogP contribution in [-0.4, -0.2) is 21.2 Å². The molecule has 0 unspecified atom stereocenters. The van der Waals surface area contributed by atoms with E-state index in [2.05, 4.69) is 15.1 Å². The topological polar surface area (TPSA) is 116 Å². The van der Waals surface area contributed by atoms with Crippen molar-refractivity contribution >= 4 is 11.6 Å². The van der Waals surface area contributed by atoms with E-state index < -0.39 is 11.6 Å². The average molecular weight is 397 g/mol. The Bertz CT molecular complexity index is 977. The van der Waals surface area contributed by atoms with Gasteiger partial charge in [0.25, 0.3) is 5.56 Å². The number of halogens is 3. The standard InChI is InChI=1S/C17H12ClF2N3O3.H3N/c18-9-3-11(19)17(12(20)4-9)8-1-10(2-8)25-16-7-21-13(6-22-16)14-5-15(24)23-26-14;/h3-8,10H,1-2H2,(H,23,24);1H3. The van der Waals surface area contributed by atoms with Gasteiger partial charge < -0.3 is 15.4 Å². The fraction of sp³-hybridized carbons (Fsp3) is 0.235. The van der Waals surface area contributed by atoms with Crippen molar-refractivity contribution in [2.45, 2.75) is 24.9 Å². The van der Waals surface area contributed by atoms with Crippen LogP contribution in [0, 0.1) is 11.6 Å².